The normalized spacial score (nSPS) is 13.1. The lowest BCUT2D eigenvalue weighted by Gasteiger charge is -2.21. The smallest absolute Gasteiger partial charge is 0.324 e. The van der Waals surface area contributed by atoms with Crippen LogP contribution in [0.2, 0.25) is 0 Å². The first-order chi connectivity index (χ1) is 7.17. The molecule has 0 radical (unpaired) electrons. The number of rotatable bonds is 3. The van der Waals surface area contributed by atoms with Crippen LogP contribution >= 0.6 is 0 Å². The Morgan fingerprint density at radius 1 is 1.31 bits per heavy atom. The van der Waals surface area contributed by atoms with Crippen molar-refractivity contribution in [3.05, 3.63) is 18.2 Å². The molecule has 0 bridgehead atoms. The molecule has 3 nitrogen and oxygen atoms in total. The summed E-state index contributed by atoms with van der Waals surface area (Å²) in [5, 5.41) is 3.12. The Balaban J connectivity index is 2.64. The van der Waals surface area contributed by atoms with E-state index in [0.717, 1.165) is 4.57 Å². The maximum absolute atomic E-state index is 12.2. The monoisotopic (exact) mass is 235 g/mol. The Kier molecular flexibility index (Phi) is 3.62. The van der Waals surface area contributed by atoms with Gasteiger partial charge < -0.3 is 9.88 Å². The van der Waals surface area contributed by atoms with Gasteiger partial charge in [0.15, 0.2) is 0 Å². The fourth-order valence-electron chi connectivity index (χ4n) is 1.19. The Labute approximate surface area is 92.7 Å². The molecule has 0 amide bonds. The first-order valence-electron chi connectivity index (χ1n) is 4.98. The van der Waals surface area contributed by atoms with E-state index in [0.29, 0.717) is 12.2 Å². The fourth-order valence-corrected chi connectivity index (χ4v) is 1.19. The van der Waals surface area contributed by atoms with Crippen molar-refractivity contribution in [2.45, 2.75) is 45.6 Å². The van der Waals surface area contributed by atoms with Crippen LogP contribution in [-0.4, -0.2) is 21.3 Å². The van der Waals surface area contributed by atoms with Gasteiger partial charge in [-0.2, -0.15) is 13.2 Å². The maximum Gasteiger partial charge on any atom is 0.406 e. The molecule has 92 valence electrons. The second kappa shape index (κ2) is 4.45. The summed E-state index contributed by atoms with van der Waals surface area (Å²) in [6.07, 6.45) is -1.56. The topological polar surface area (TPSA) is 29.9 Å². The first kappa shape index (κ1) is 13.0. The molecule has 0 aliphatic heterocycles. The minimum Gasteiger partial charge on any atom is -0.324 e. The van der Waals surface area contributed by atoms with Crippen LogP contribution in [-0.2, 0) is 13.1 Å². The summed E-state index contributed by atoms with van der Waals surface area (Å²) in [6, 6.07) is 0. The number of hydrogen-bond acceptors (Lipinski definition) is 2. The summed E-state index contributed by atoms with van der Waals surface area (Å²) in [6.45, 7) is 5.25. The van der Waals surface area contributed by atoms with Gasteiger partial charge in [0.05, 0.1) is 12.0 Å². The molecule has 1 heterocycles. The second-order valence-electron chi connectivity index (χ2n) is 4.73. The average Bonchev–Trinajstić information content (AvgIpc) is 2.44. The van der Waals surface area contributed by atoms with Crippen LogP contribution in [0.25, 0.3) is 0 Å². The number of imidazole rings is 1. The van der Waals surface area contributed by atoms with Gasteiger partial charge in [-0.1, -0.05) is 0 Å². The van der Waals surface area contributed by atoms with Crippen molar-refractivity contribution in [2.75, 3.05) is 0 Å². The van der Waals surface area contributed by atoms with Gasteiger partial charge in [0.25, 0.3) is 0 Å². The standard InChI is InChI=1S/C10H16F3N3/c1-9(2,3)15-5-8-4-14-7-16(8)6-10(11,12)13/h4,7,15H,5-6H2,1-3H3. The molecule has 0 spiro atoms. The molecule has 6 heteroatoms. The fraction of sp³-hybridized carbons (Fsp3) is 0.700. The summed E-state index contributed by atoms with van der Waals surface area (Å²) < 4.78 is 37.7. The molecule has 1 N–H and O–H groups in total. The van der Waals surface area contributed by atoms with E-state index < -0.39 is 12.7 Å². The van der Waals surface area contributed by atoms with E-state index in [-0.39, 0.29) is 5.54 Å². The molecule has 0 unspecified atom stereocenters. The van der Waals surface area contributed by atoms with Crippen molar-refractivity contribution in [1.82, 2.24) is 14.9 Å². The molecule has 0 aromatic carbocycles. The number of nitrogens with one attached hydrogen (secondary N) is 1. The molecule has 1 aromatic heterocycles. The molecule has 16 heavy (non-hydrogen) atoms. The van der Waals surface area contributed by atoms with Gasteiger partial charge in [-0.05, 0) is 20.8 Å². The molecule has 0 aliphatic rings. The predicted molar refractivity (Wildman–Crippen MR) is 54.9 cm³/mol. The van der Waals surface area contributed by atoms with E-state index in [1.165, 1.54) is 12.5 Å². The zero-order valence-electron chi connectivity index (χ0n) is 9.60. The van der Waals surface area contributed by atoms with Gasteiger partial charge in [0.1, 0.15) is 6.54 Å². The van der Waals surface area contributed by atoms with Gasteiger partial charge in [-0.3, -0.25) is 0 Å². The first-order valence-corrected chi connectivity index (χ1v) is 4.98. The van der Waals surface area contributed by atoms with E-state index in [4.69, 9.17) is 0 Å². The molecule has 1 aromatic rings. The van der Waals surface area contributed by atoms with Crippen molar-refractivity contribution < 1.29 is 13.2 Å². The lowest BCUT2D eigenvalue weighted by atomic mass is 10.1. The van der Waals surface area contributed by atoms with Crippen LogP contribution in [0.3, 0.4) is 0 Å². The van der Waals surface area contributed by atoms with Crippen molar-refractivity contribution in [1.29, 1.82) is 0 Å². The summed E-state index contributed by atoms with van der Waals surface area (Å²) >= 11 is 0. The van der Waals surface area contributed by atoms with Gasteiger partial charge in [0, 0.05) is 18.3 Å². The van der Waals surface area contributed by atoms with Crippen LogP contribution in [0.1, 0.15) is 26.5 Å². The highest BCUT2D eigenvalue weighted by Crippen LogP contribution is 2.18. The number of hydrogen-bond donors (Lipinski definition) is 1. The summed E-state index contributed by atoms with van der Waals surface area (Å²) in [5.41, 5.74) is 0.403. The van der Waals surface area contributed by atoms with Crippen LogP contribution < -0.4 is 5.32 Å². The van der Waals surface area contributed by atoms with Gasteiger partial charge >= 0.3 is 6.18 Å². The molecule has 1 rings (SSSR count). The van der Waals surface area contributed by atoms with E-state index in [9.17, 15) is 13.2 Å². The van der Waals surface area contributed by atoms with Crippen molar-refractivity contribution in [3.63, 3.8) is 0 Å². The molecular weight excluding hydrogens is 219 g/mol. The largest absolute Gasteiger partial charge is 0.406 e. The van der Waals surface area contributed by atoms with Crippen LogP contribution in [0.15, 0.2) is 12.5 Å². The number of nitrogens with zero attached hydrogens (tertiary/aromatic N) is 2. The second-order valence-corrected chi connectivity index (χ2v) is 4.73. The van der Waals surface area contributed by atoms with E-state index in [1.54, 1.807) is 0 Å². The van der Waals surface area contributed by atoms with Crippen molar-refractivity contribution >= 4 is 0 Å². The predicted octanol–water partition coefficient (Wildman–Crippen LogP) is 2.33. The van der Waals surface area contributed by atoms with Gasteiger partial charge in [0.2, 0.25) is 0 Å². The minimum absolute atomic E-state index is 0.132. The maximum atomic E-state index is 12.2. The summed E-state index contributed by atoms with van der Waals surface area (Å²) in [5.74, 6) is 0. The molecule has 0 fully saturated rings. The third-order valence-corrected chi connectivity index (χ3v) is 1.95. The minimum atomic E-state index is -4.21. The van der Waals surface area contributed by atoms with Crippen LogP contribution in [0.5, 0.6) is 0 Å². The number of alkyl halides is 3. The number of aromatic nitrogens is 2. The highest BCUT2D eigenvalue weighted by atomic mass is 19.4. The summed E-state index contributed by atoms with van der Waals surface area (Å²) in [4.78, 5) is 3.73. The Bertz CT molecular complexity index is 336. The number of halogens is 3. The lowest BCUT2D eigenvalue weighted by Crippen LogP contribution is -2.36. The zero-order chi connectivity index (χ0) is 12.4. The Morgan fingerprint density at radius 2 is 1.94 bits per heavy atom. The van der Waals surface area contributed by atoms with E-state index in [2.05, 4.69) is 10.3 Å². The van der Waals surface area contributed by atoms with Crippen LogP contribution in [0, 0.1) is 0 Å². The quantitative estimate of drug-likeness (QED) is 0.871. The van der Waals surface area contributed by atoms with Crippen molar-refractivity contribution in [3.8, 4) is 0 Å². The highest BCUT2D eigenvalue weighted by molar-refractivity contribution is 4.99. The highest BCUT2D eigenvalue weighted by Gasteiger charge is 2.28. The van der Waals surface area contributed by atoms with E-state index >= 15 is 0 Å². The zero-order valence-corrected chi connectivity index (χ0v) is 9.60. The average molecular weight is 235 g/mol. The summed E-state index contributed by atoms with van der Waals surface area (Å²) in [7, 11) is 0. The Hall–Kier alpha value is -1.04. The van der Waals surface area contributed by atoms with Crippen molar-refractivity contribution in [2.24, 2.45) is 0 Å². The molecule has 0 saturated carbocycles. The molecule has 0 atom stereocenters. The van der Waals surface area contributed by atoms with Gasteiger partial charge in [-0.25, -0.2) is 4.98 Å². The Morgan fingerprint density at radius 3 is 2.44 bits per heavy atom. The van der Waals surface area contributed by atoms with Crippen LogP contribution in [0.4, 0.5) is 13.2 Å². The molecular formula is C10H16F3N3. The third kappa shape index (κ3) is 4.65. The third-order valence-electron chi connectivity index (χ3n) is 1.95. The van der Waals surface area contributed by atoms with Gasteiger partial charge in [-0.15, -0.1) is 0 Å². The molecule has 0 aliphatic carbocycles. The lowest BCUT2D eigenvalue weighted by molar-refractivity contribution is -0.141. The SMILES string of the molecule is CC(C)(C)NCc1cncn1CC(F)(F)F. The molecule has 0 saturated heterocycles. The van der Waals surface area contributed by atoms with E-state index in [1.807, 2.05) is 20.8 Å².